The highest BCUT2D eigenvalue weighted by Gasteiger charge is 2.30. The number of amides is 2. The Bertz CT molecular complexity index is 910. The third-order valence-corrected chi connectivity index (χ3v) is 4.83. The lowest BCUT2D eigenvalue weighted by molar-refractivity contribution is -0.126. The molecule has 3 rings (SSSR count). The first-order chi connectivity index (χ1) is 13.5. The van der Waals surface area contributed by atoms with Crippen LogP contribution in [0.5, 0.6) is 0 Å². The molecule has 0 bridgehead atoms. The van der Waals surface area contributed by atoms with Crippen LogP contribution in [0.1, 0.15) is 29.0 Å². The fraction of sp³-hybridized carbons (Fsp3) is 0.400. The Labute approximate surface area is 163 Å². The van der Waals surface area contributed by atoms with E-state index < -0.39 is 11.3 Å². The van der Waals surface area contributed by atoms with E-state index in [1.54, 1.807) is 16.5 Å². The maximum absolute atomic E-state index is 13.0. The van der Waals surface area contributed by atoms with Crippen molar-refractivity contribution in [1.29, 1.82) is 0 Å². The number of carbonyl (C=O) groups is 2. The van der Waals surface area contributed by atoms with Crippen molar-refractivity contribution in [1.82, 2.24) is 20.0 Å². The lowest BCUT2D eigenvalue weighted by atomic mass is 9.97. The summed E-state index contributed by atoms with van der Waals surface area (Å²) in [5.41, 5.74) is 6.30. The van der Waals surface area contributed by atoms with E-state index in [9.17, 15) is 14.4 Å². The summed E-state index contributed by atoms with van der Waals surface area (Å²) >= 11 is 0. The van der Waals surface area contributed by atoms with Crippen molar-refractivity contribution in [2.75, 3.05) is 26.2 Å². The van der Waals surface area contributed by atoms with E-state index in [1.807, 2.05) is 30.3 Å². The van der Waals surface area contributed by atoms with E-state index in [0.717, 1.165) is 5.69 Å². The quantitative estimate of drug-likeness (QED) is 0.780. The highest BCUT2D eigenvalue weighted by atomic mass is 16.2. The van der Waals surface area contributed by atoms with Crippen molar-refractivity contribution >= 4 is 11.8 Å². The molecule has 0 spiro atoms. The molecule has 1 saturated heterocycles. The number of hydrogen-bond acceptors (Lipinski definition) is 5. The molecule has 2 heterocycles. The summed E-state index contributed by atoms with van der Waals surface area (Å²) in [6, 6.07) is 10.8. The second-order valence-corrected chi connectivity index (χ2v) is 6.92. The van der Waals surface area contributed by atoms with Crippen LogP contribution >= 0.6 is 0 Å². The predicted octanol–water partition coefficient (Wildman–Crippen LogP) is 0.468. The minimum absolute atomic E-state index is 0.110. The van der Waals surface area contributed by atoms with E-state index in [4.69, 9.17) is 5.73 Å². The molecule has 1 unspecified atom stereocenters. The van der Waals surface area contributed by atoms with Gasteiger partial charge in [0.15, 0.2) is 5.69 Å². The highest BCUT2D eigenvalue weighted by molar-refractivity contribution is 5.92. The molecule has 1 fully saturated rings. The number of nitrogens with zero attached hydrogens (tertiary/aromatic N) is 3. The van der Waals surface area contributed by atoms with Gasteiger partial charge in [-0.3, -0.25) is 14.4 Å². The van der Waals surface area contributed by atoms with Crippen molar-refractivity contribution in [3.8, 4) is 5.69 Å². The Morgan fingerprint density at radius 2 is 2.04 bits per heavy atom. The molecule has 1 atom stereocenters. The summed E-state index contributed by atoms with van der Waals surface area (Å²) in [6.45, 7) is 3.32. The molecule has 1 aliphatic heterocycles. The molecule has 8 heteroatoms. The number of para-hydroxylation sites is 1. The number of nitrogens with two attached hydrogens (primary N) is 1. The normalized spacial score (nSPS) is 16.6. The SMILES string of the molecule is Cc1cc(=O)c(C(=O)N2CCCC(C(=O)NCCN)C2)nn1-c1ccccc1. The van der Waals surface area contributed by atoms with E-state index >= 15 is 0 Å². The van der Waals surface area contributed by atoms with Crippen molar-refractivity contribution in [2.24, 2.45) is 11.7 Å². The Morgan fingerprint density at radius 1 is 1.29 bits per heavy atom. The highest BCUT2D eigenvalue weighted by Crippen LogP contribution is 2.18. The van der Waals surface area contributed by atoms with Gasteiger partial charge in [0.25, 0.3) is 5.91 Å². The smallest absolute Gasteiger partial charge is 0.278 e. The minimum atomic E-state index is -0.439. The van der Waals surface area contributed by atoms with Crippen LogP contribution in [-0.2, 0) is 4.79 Å². The number of hydrogen-bond donors (Lipinski definition) is 2. The van der Waals surface area contributed by atoms with E-state index in [1.165, 1.54) is 6.07 Å². The fourth-order valence-corrected chi connectivity index (χ4v) is 3.39. The summed E-state index contributed by atoms with van der Waals surface area (Å²) in [5, 5.41) is 7.10. The van der Waals surface area contributed by atoms with Crippen molar-refractivity contribution < 1.29 is 9.59 Å². The first-order valence-electron chi connectivity index (χ1n) is 9.44. The standard InChI is InChI=1S/C20H25N5O3/c1-14-12-17(26)18(23-25(14)16-7-3-2-4-8-16)20(28)24-11-5-6-15(13-24)19(27)22-10-9-21/h2-4,7-8,12,15H,5-6,9-11,13,21H2,1H3,(H,22,27). The Kier molecular flexibility index (Phi) is 6.20. The largest absolute Gasteiger partial charge is 0.355 e. The molecule has 148 valence electrons. The number of nitrogens with one attached hydrogen (secondary N) is 1. The van der Waals surface area contributed by atoms with Gasteiger partial charge in [-0.25, -0.2) is 4.68 Å². The number of benzene rings is 1. The number of aryl methyl sites for hydroxylation is 1. The molecule has 0 saturated carbocycles. The molecule has 1 aliphatic rings. The molecule has 1 aromatic carbocycles. The van der Waals surface area contributed by atoms with Gasteiger partial charge in [-0.1, -0.05) is 18.2 Å². The van der Waals surface area contributed by atoms with Gasteiger partial charge in [0.05, 0.1) is 11.6 Å². The summed E-state index contributed by atoms with van der Waals surface area (Å²) < 4.78 is 1.59. The topological polar surface area (TPSA) is 110 Å². The zero-order valence-corrected chi connectivity index (χ0v) is 15.9. The maximum Gasteiger partial charge on any atom is 0.278 e. The Hall–Kier alpha value is -3.00. The summed E-state index contributed by atoms with van der Waals surface area (Å²) in [6.07, 6.45) is 1.40. The molecule has 8 nitrogen and oxygen atoms in total. The number of likely N-dealkylation sites (tertiary alicyclic amines) is 1. The third-order valence-electron chi connectivity index (χ3n) is 4.83. The zero-order chi connectivity index (χ0) is 20.1. The van der Waals surface area contributed by atoms with Crippen LogP contribution in [0.25, 0.3) is 5.69 Å². The number of carbonyl (C=O) groups excluding carboxylic acids is 2. The summed E-state index contributed by atoms with van der Waals surface area (Å²) in [7, 11) is 0. The molecule has 1 aromatic heterocycles. The second-order valence-electron chi connectivity index (χ2n) is 6.92. The zero-order valence-electron chi connectivity index (χ0n) is 15.9. The van der Waals surface area contributed by atoms with Crippen molar-refractivity contribution in [3.63, 3.8) is 0 Å². The summed E-state index contributed by atoms with van der Waals surface area (Å²) in [4.78, 5) is 39.2. The molecule has 28 heavy (non-hydrogen) atoms. The van der Waals surface area contributed by atoms with Crippen LogP contribution in [-0.4, -0.2) is 52.7 Å². The van der Waals surface area contributed by atoms with Crippen LogP contribution in [0.15, 0.2) is 41.2 Å². The number of rotatable bonds is 5. The van der Waals surface area contributed by atoms with Crippen LogP contribution in [0, 0.1) is 12.8 Å². The Balaban J connectivity index is 1.84. The molecule has 0 aliphatic carbocycles. The van der Waals surface area contributed by atoms with Gasteiger partial charge in [-0.2, -0.15) is 5.10 Å². The van der Waals surface area contributed by atoms with Crippen molar-refractivity contribution in [3.05, 3.63) is 58.0 Å². The van der Waals surface area contributed by atoms with Crippen molar-refractivity contribution in [2.45, 2.75) is 19.8 Å². The predicted molar refractivity (Wildman–Crippen MR) is 105 cm³/mol. The van der Waals surface area contributed by atoms with Gasteiger partial charge >= 0.3 is 0 Å². The number of piperidine rings is 1. The number of aromatic nitrogens is 2. The first-order valence-corrected chi connectivity index (χ1v) is 9.44. The lowest BCUT2D eigenvalue weighted by Crippen LogP contribution is -2.47. The average molecular weight is 383 g/mol. The molecular weight excluding hydrogens is 358 g/mol. The maximum atomic E-state index is 13.0. The molecule has 2 amide bonds. The van der Waals surface area contributed by atoms with Gasteiger partial charge in [0, 0.05) is 37.9 Å². The molecule has 3 N–H and O–H groups in total. The van der Waals surface area contributed by atoms with Crippen LogP contribution in [0.2, 0.25) is 0 Å². The average Bonchev–Trinajstić information content (AvgIpc) is 2.72. The van der Waals surface area contributed by atoms with Gasteiger partial charge in [-0.05, 0) is 31.9 Å². The van der Waals surface area contributed by atoms with Gasteiger partial charge in [-0.15, -0.1) is 0 Å². The molecule has 0 radical (unpaired) electrons. The lowest BCUT2D eigenvalue weighted by Gasteiger charge is -2.31. The van der Waals surface area contributed by atoms with Gasteiger partial charge in [0.1, 0.15) is 0 Å². The van der Waals surface area contributed by atoms with Crippen LogP contribution in [0.3, 0.4) is 0 Å². The molecule has 2 aromatic rings. The van der Waals surface area contributed by atoms with Gasteiger partial charge < -0.3 is 16.0 Å². The second kappa shape index (κ2) is 8.79. The fourth-order valence-electron chi connectivity index (χ4n) is 3.39. The van der Waals surface area contributed by atoms with E-state index in [-0.39, 0.29) is 24.1 Å². The molecular formula is C20H25N5O3. The van der Waals surface area contributed by atoms with E-state index in [0.29, 0.717) is 38.2 Å². The first kappa shape index (κ1) is 19.8. The van der Waals surface area contributed by atoms with Gasteiger partial charge in [0.2, 0.25) is 11.3 Å². The van der Waals surface area contributed by atoms with E-state index in [2.05, 4.69) is 10.4 Å². The van der Waals surface area contributed by atoms with Crippen LogP contribution in [0.4, 0.5) is 0 Å². The Morgan fingerprint density at radius 3 is 2.75 bits per heavy atom. The monoisotopic (exact) mass is 383 g/mol. The minimum Gasteiger partial charge on any atom is -0.355 e. The van der Waals surface area contributed by atoms with Crippen LogP contribution < -0.4 is 16.5 Å². The third kappa shape index (κ3) is 4.28. The summed E-state index contributed by atoms with van der Waals surface area (Å²) in [5.74, 6) is -0.849.